The van der Waals surface area contributed by atoms with Crippen LogP contribution in [0.4, 0.5) is 8.78 Å². The van der Waals surface area contributed by atoms with E-state index in [4.69, 9.17) is 0 Å². The van der Waals surface area contributed by atoms with E-state index >= 15 is 0 Å². The number of nitrogens with one attached hydrogen (secondary N) is 3. The Hall–Kier alpha value is -4.31. The number of likely N-dealkylation sites (tertiary alicyclic amines) is 1. The molecule has 5 nitrogen and oxygen atoms in total. The number of rotatable bonds is 23. The lowest BCUT2D eigenvalue weighted by Crippen LogP contribution is -2.51. The zero-order valence-electron chi connectivity index (χ0n) is 54.9. The number of alkyl halides is 2. The van der Waals surface area contributed by atoms with E-state index in [0.29, 0.717) is 43.1 Å². The van der Waals surface area contributed by atoms with Gasteiger partial charge in [-0.3, -0.25) is 0 Å². The molecule has 1 saturated heterocycles. The number of hydrogen-bond acceptors (Lipinski definition) is 5. The summed E-state index contributed by atoms with van der Waals surface area (Å²) in [6.07, 6.45) is 22.9. The van der Waals surface area contributed by atoms with E-state index in [2.05, 4.69) is 183 Å². The summed E-state index contributed by atoms with van der Waals surface area (Å²) in [7, 11) is 0. The van der Waals surface area contributed by atoms with Gasteiger partial charge < -0.3 is 25.6 Å². The maximum Gasteiger partial charge on any atom is 0.245 e. The molecule has 1 aliphatic heterocycles. The molecule has 1 rings (SSSR count). The van der Waals surface area contributed by atoms with Gasteiger partial charge in [0.05, 0.1) is 11.9 Å². The number of carbonyl (C=O) groups is 1. The van der Waals surface area contributed by atoms with Gasteiger partial charge in [-0.15, -0.1) is 39.2 Å². The van der Waals surface area contributed by atoms with Gasteiger partial charge in [0, 0.05) is 49.4 Å². The Balaban J connectivity index is -0.0000000967. The average Bonchev–Trinajstić information content (AvgIpc) is 3.78. The van der Waals surface area contributed by atoms with Crippen LogP contribution in [0.5, 0.6) is 0 Å². The second kappa shape index (κ2) is 60.6. The van der Waals surface area contributed by atoms with Crippen molar-refractivity contribution in [2.75, 3.05) is 13.1 Å². The lowest BCUT2D eigenvalue weighted by Gasteiger charge is -2.42. The van der Waals surface area contributed by atoms with Crippen molar-refractivity contribution in [1.82, 2.24) is 20.9 Å². The molecule has 0 aromatic carbocycles. The Morgan fingerprint density at radius 1 is 0.760 bits per heavy atom. The van der Waals surface area contributed by atoms with E-state index in [1.54, 1.807) is 19.1 Å². The van der Waals surface area contributed by atoms with Gasteiger partial charge >= 0.3 is 0 Å². The molecule has 0 aliphatic carbocycles. The summed E-state index contributed by atoms with van der Waals surface area (Å²) < 4.78 is 25.3. The maximum absolute atomic E-state index is 12.7. The molecule has 444 valence electrons. The number of Topliss-reactive ketones (excluding diaryl/α,β-unsaturated/α-hetero) is 1. The highest BCUT2D eigenvalue weighted by molar-refractivity contribution is 5.74. The first kappa shape index (κ1) is 93.2. The Bertz CT molecular complexity index is 1480. The van der Waals surface area contributed by atoms with Crippen LogP contribution in [0, 0.1) is 35.5 Å². The van der Waals surface area contributed by atoms with Gasteiger partial charge in [-0.25, -0.2) is 8.78 Å². The Labute approximate surface area is 471 Å². The second-order valence-corrected chi connectivity index (χ2v) is 20.0. The number of nitrogens with zero attached hydrogens (tertiary/aromatic N) is 1. The van der Waals surface area contributed by atoms with Crippen LogP contribution < -0.4 is 16.0 Å². The van der Waals surface area contributed by atoms with Gasteiger partial charge in [-0.05, 0) is 107 Å². The molecule has 0 amide bonds. The van der Waals surface area contributed by atoms with Crippen molar-refractivity contribution < 1.29 is 13.6 Å². The van der Waals surface area contributed by atoms with Crippen LogP contribution >= 0.6 is 0 Å². The van der Waals surface area contributed by atoms with Crippen molar-refractivity contribution in [3.63, 3.8) is 0 Å². The van der Waals surface area contributed by atoms with Crippen LogP contribution in [0.3, 0.4) is 0 Å². The lowest BCUT2D eigenvalue weighted by atomic mass is 9.83. The van der Waals surface area contributed by atoms with Crippen molar-refractivity contribution in [1.29, 1.82) is 0 Å². The third kappa shape index (κ3) is 58.8. The first-order chi connectivity index (χ1) is 34.9. The number of terminal acetylenes is 1. The fourth-order valence-electron chi connectivity index (χ4n) is 6.53. The molecule has 1 fully saturated rings. The predicted molar refractivity (Wildman–Crippen MR) is 347 cm³/mol. The van der Waals surface area contributed by atoms with E-state index in [1.807, 2.05) is 82.2 Å². The Kier molecular flexibility index (Phi) is 75.3. The third-order valence-electron chi connectivity index (χ3n) is 10.9. The zero-order valence-corrected chi connectivity index (χ0v) is 54.9. The summed E-state index contributed by atoms with van der Waals surface area (Å²) >= 11 is 0. The van der Waals surface area contributed by atoms with Gasteiger partial charge in [0.25, 0.3) is 0 Å². The SMILES string of the molecule is C#C.C=C.C=C(NC(CCCC)C(C)(C)C)NC(C(=C)N1CC(C)CC1C(=C)C)C(C)(C)C.C=CC.C=CC(CCCC)=C(C)C.C=CCNC(=C)C(=C)C(C)CCC(C)(F)F.CC.CC.CC.CC.CCC(C)=O. The first-order valence-electron chi connectivity index (χ1n) is 28.5. The molecular formula is C68H132F2N4O. The van der Waals surface area contributed by atoms with Crippen molar-refractivity contribution in [3.05, 3.63) is 124 Å². The predicted octanol–water partition coefficient (Wildman–Crippen LogP) is 21.4. The summed E-state index contributed by atoms with van der Waals surface area (Å²) in [6, 6.07) is 0.894. The fraction of sp³-hybridized carbons (Fsp3) is 0.662. The number of allylic oxidation sites excluding steroid dienone is 5. The molecule has 0 aromatic heterocycles. The molecule has 0 aromatic rings. The van der Waals surface area contributed by atoms with Gasteiger partial charge in [0.15, 0.2) is 0 Å². The number of carbonyl (C=O) groups excluding carboxylic acids is 1. The second-order valence-electron chi connectivity index (χ2n) is 20.0. The Morgan fingerprint density at radius 3 is 1.49 bits per heavy atom. The van der Waals surface area contributed by atoms with Crippen LogP contribution in [-0.2, 0) is 4.79 Å². The molecule has 3 N–H and O–H groups in total. The van der Waals surface area contributed by atoms with Crippen molar-refractivity contribution in [3.8, 4) is 12.8 Å². The fourth-order valence-corrected chi connectivity index (χ4v) is 6.53. The van der Waals surface area contributed by atoms with Gasteiger partial charge in [-0.1, -0.05) is 220 Å². The molecule has 7 heteroatoms. The summed E-state index contributed by atoms with van der Waals surface area (Å²) in [5.41, 5.74) is 6.89. The number of halogens is 2. The minimum absolute atomic E-state index is 0.00985. The largest absolute Gasteiger partial charge is 0.382 e. The Morgan fingerprint density at radius 2 is 1.19 bits per heavy atom. The standard InChI is InChI=1S/C26H49N3.C13H21F2N.C10H18.C4H8O.C3H6.4C2H6.C2H4.C2H2/c1-13-14-15-23(25(7,8)9)27-21(6)28-24(26(10,11)12)20(5)29-17-19(4)16-22(29)18(2)3;1-6-9-16-12(4)11(3)10(2)7-8-13(5,14)15;1-5-7-8-10(6-2)9(3)4;1-3-4(2)5;1-3-2;6*1-2/h19,22-24,27-28H,2,5-6,13-17H2,1,3-4,7-12H3;6,10,16H,1,3-4,7-9H2,2,5H3;6H,2,5,7-8H2,1,3-4H3;3H2,1-2H3;3H,1H2,2H3;4*1-2H3;1-2H2;1-2H. The van der Waals surface area contributed by atoms with E-state index in [-0.39, 0.29) is 35.0 Å². The van der Waals surface area contributed by atoms with E-state index < -0.39 is 5.92 Å². The average molecular weight is 1060 g/mol. The lowest BCUT2D eigenvalue weighted by molar-refractivity contribution is -0.116. The third-order valence-corrected chi connectivity index (χ3v) is 10.9. The maximum atomic E-state index is 12.7. The minimum atomic E-state index is -2.61. The van der Waals surface area contributed by atoms with Crippen LogP contribution in [-0.4, -0.2) is 47.8 Å². The molecule has 1 aliphatic rings. The van der Waals surface area contributed by atoms with E-state index in [0.717, 1.165) is 43.4 Å². The molecular weight excluding hydrogens is 927 g/mol. The first-order valence-corrected chi connectivity index (χ1v) is 28.5. The van der Waals surface area contributed by atoms with E-state index in [9.17, 15) is 13.6 Å². The molecule has 0 bridgehead atoms. The molecule has 75 heavy (non-hydrogen) atoms. The minimum Gasteiger partial charge on any atom is -0.382 e. The van der Waals surface area contributed by atoms with Crippen LogP contribution in [0.15, 0.2) is 124 Å². The quantitative estimate of drug-likeness (QED) is 0.0541. The summed E-state index contributed by atoms with van der Waals surface area (Å²) in [6.45, 7) is 90.3. The zero-order chi connectivity index (χ0) is 62.3. The molecule has 0 spiro atoms. The van der Waals surface area contributed by atoms with Crippen molar-refractivity contribution >= 4 is 5.78 Å². The van der Waals surface area contributed by atoms with Crippen LogP contribution in [0.2, 0.25) is 0 Å². The molecule has 1 heterocycles. The van der Waals surface area contributed by atoms with E-state index in [1.165, 1.54) is 48.8 Å². The molecule has 0 radical (unpaired) electrons. The summed E-state index contributed by atoms with van der Waals surface area (Å²) in [4.78, 5) is 12.3. The van der Waals surface area contributed by atoms with Gasteiger partial charge in [-0.2, -0.15) is 0 Å². The van der Waals surface area contributed by atoms with Crippen LogP contribution in [0.25, 0.3) is 0 Å². The number of unbranched alkanes of at least 4 members (excludes halogenated alkanes) is 2. The molecule has 5 unspecified atom stereocenters. The highest BCUT2D eigenvalue weighted by Crippen LogP contribution is 2.35. The normalized spacial score (nSPS) is 13.6. The monoisotopic (exact) mass is 1060 g/mol. The number of ketones is 1. The van der Waals surface area contributed by atoms with Gasteiger partial charge in [0.2, 0.25) is 5.92 Å². The highest BCUT2D eigenvalue weighted by Gasteiger charge is 2.37. The topological polar surface area (TPSA) is 56.4 Å². The van der Waals surface area contributed by atoms with Crippen LogP contribution in [0.1, 0.15) is 237 Å². The van der Waals surface area contributed by atoms with Gasteiger partial charge in [0.1, 0.15) is 5.78 Å². The summed E-state index contributed by atoms with van der Waals surface area (Å²) in [5, 5.41) is 10.4. The molecule has 0 saturated carbocycles. The summed E-state index contributed by atoms with van der Waals surface area (Å²) in [5.74, 6) is -0.777. The smallest absolute Gasteiger partial charge is 0.245 e. The van der Waals surface area contributed by atoms with Crippen molar-refractivity contribution in [2.24, 2.45) is 22.7 Å². The number of hydrogen-bond donors (Lipinski definition) is 3. The van der Waals surface area contributed by atoms with Crippen molar-refractivity contribution in [2.45, 2.75) is 261 Å². The highest BCUT2D eigenvalue weighted by atomic mass is 19.3. The molecule has 5 atom stereocenters.